The molecule has 2 aromatic heterocycles. The molecule has 0 saturated carbocycles. The molecule has 8 nitrogen and oxygen atoms in total. The lowest BCUT2D eigenvalue weighted by molar-refractivity contribution is -0.142. The van der Waals surface area contributed by atoms with Crippen LogP contribution in [0.5, 0.6) is 11.5 Å². The van der Waals surface area contributed by atoms with E-state index in [9.17, 15) is 4.79 Å². The van der Waals surface area contributed by atoms with Gasteiger partial charge in [-0.2, -0.15) is 0 Å². The van der Waals surface area contributed by atoms with Gasteiger partial charge in [0, 0.05) is 64.9 Å². The average molecular weight is 460 g/mol. The Hall–Kier alpha value is -3.49. The Bertz CT molecular complexity index is 1220. The van der Waals surface area contributed by atoms with E-state index < -0.39 is 6.10 Å². The summed E-state index contributed by atoms with van der Waals surface area (Å²) in [7, 11) is 1.57. The minimum Gasteiger partial charge on any atom is -0.456 e. The number of methoxy groups -OCH3 is 1. The van der Waals surface area contributed by atoms with Crippen LogP contribution in [-0.2, 0) is 16.1 Å². The number of carbonyl (C=O) groups is 1. The highest BCUT2D eigenvalue weighted by atomic mass is 16.5. The van der Waals surface area contributed by atoms with Gasteiger partial charge in [0.2, 0.25) is 0 Å². The molecule has 2 aliphatic heterocycles. The van der Waals surface area contributed by atoms with Crippen molar-refractivity contribution in [2.45, 2.75) is 26.0 Å². The molecule has 3 aromatic rings. The summed E-state index contributed by atoms with van der Waals surface area (Å²) in [6, 6.07) is 12.0. The number of allylic oxidation sites excluding steroid dienone is 1. The molecule has 0 N–H and O–H groups in total. The van der Waals surface area contributed by atoms with E-state index in [0.29, 0.717) is 13.1 Å². The number of hydrogen-bond donors (Lipinski definition) is 0. The van der Waals surface area contributed by atoms with Gasteiger partial charge in [-0.05, 0) is 42.3 Å². The number of ether oxygens (including phenoxy) is 2. The molecule has 1 saturated heterocycles. The van der Waals surface area contributed by atoms with Crippen LogP contribution in [0.1, 0.15) is 24.6 Å². The minimum absolute atomic E-state index is 0.0571. The number of hydrogen-bond acceptors (Lipinski definition) is 6. The van der Waals surface area contributed by atoms with Crippen LogP contribution in [0.3, 0.4) is 0 Å². The number of carbonyl (C=O) groups excluding carboxylic acids is 1. The molecule has 4 heterocycles. The smallest absolute Gasteiger partial charge is 0.251 e. The third kappa shape index (κ3) is 4.88. The molecule has 1 fully saturated rings. The fourth-order valence-electron chi connectivity index (χ4n) is 4.29. The first-order chi connectivity index (χ1) is 16.6. The summed E-state index contributed by atoms with van der Waals surface area (Å²) in [6.45, 7) is 5.61. The maximum absolute atomic E-state index is 12.3. The Morgan fingerprint density at radius 2 is 1.79 bits per heavy atom. The maximum atomic E-state index is 12.3. The zero-order valence-electron chi connectivity index (χ0n) is 19.6. The molecule has 0 unspecified atom stereocenters. The third-order valence-electron chi connectivity index (χ3n) is 6.35. The standard InChI is InChI=1S/C26H29N5O3/c1-19(33-2)26(32)30-13-11-29(12-14-30)16-22-17-31-18-24(7-8-25(31)28-22)34-23-5-3-20(4-6-23)21-9-10-27-15-21/h3-8,10,15,17-19H,9,11-14,16H2,1-2H3/t19-/m0/s1. The predicted octanol–water partition coefficient (Wildman–Crippen LogP) is 3.62. The van der Waals surface area contributed by atoms with Crippen LogP contribution in [-0.4, -0.2) is 70.7 Å². The van der Waals surface area contributed by atoms with Crippen molar-refractivity contribution < 1.29 is 14.3 Å². The normalized spacial score (nSPS) is 17.2. The summed E-state index contributed by atoms with van der Waals surface area (Å²) < 4.78 is 13.2. The number of benzene rings is 1. The van der Waals surface area contributed by atoms with Crippen LogP contribution in [0.25, 0.3) is 11.2 Å². The molecular formula is C26H29N5O3. The number of piperazine rings is 1. The number of nitrogens with zero attached hydrogens (tertiary/aromatic N) is 5. The molecule has 2 aliphatic rings. The van der Waals surface area contributed by atoms with E-state index in [-0.39, 0.29) is 5.91 Å². The predicted molar refractivity (Wildman–Crippen MR) is 131 cm³/mol. The second-order valence-corrected chi connectivity index (χ2v) is 8.66. The molecule has 5 rings (SSSR count). The number of fused-ring (bicyclic) bond motifs is 1. The maximum Gasteiger partial charge on any atom is 0.251 e. The van der Waals surface area contributed by atoms with Gasteiger partial charge in [0.1, 0.15) is 23.3 Å². The molecule has 0 spiro atoms. The Balaban J connectivity index is 1.19. The number of aliphatic imine (C=N–C) groups is 1. The zero-order valence-corrected chi connectivity index (χ0v) is 19.6. The second kappa shape index (κ2) is 9.79. The van der Waals surface area contributed by atoms with Crippen LogP contribution >= 0.6 is 0 Å². The van der Waals surface area contributed by atoms with E-state index >= 15 is 0 Å². The van der Waals surface area contributed by atoms with Crippen molar-refractivity contribution in [1.29, 1.82) is 0 Å². The summed E-state index contributed by atoms with van der Waals surface area (Å²) in [6.07, 6.45) is 8.30. The number of aromatic nitrogens is 2. The highest BCUT2D eigenvalue weighted by molar-refractivity contribution is 5.84. The monoisotopic (exact) mass is 459 g/mol. The highest BCUT2D eigenvalue weighted by Crippen LogP contribution is 2.26. The van der Waals surface area contributed by atoms with Gasteiger partial charge in [-0.1, -0.05) is 12.1 Å². The number of amides is 1. The molecule has 0 radical (unpaired) electrons. The third-order valence-corrected chi connectivity index (χ3v) is 6.35. The van der Waals surface area contributed by atoms with Crippen molar-refractivity contribution in [2.24, 2.45) is 4.99 Å². The van der Waals surface area contributed by atoms with Crippen molar-refractivity contribution in [2.75, 3.05) is 33.3 Å². The molecule has 1 amide bonds. The summed E-state index contributed by atoms with van der Waals surface area (Å²) in [5.41, 5.74) is 4.27. The van der Waals surface area contributed by atoms with Crippen LogP contribution in [0, 0.1) is 0 Å². The molecule has 0 aliphatic carbocycles. The Kier molecular flexibility index (Phi) is 6.42. The van der Waals surface area contributed by atoms with Crippen molar-refractivity contribution in [3.63, 3.8) is 0 Å². The van der Waals surface area contributed by atoms with Gasteiger partial charge in [-0.15, -0.1) is 0 Å². The molecule has 8 heteroatoms. The summed E-state index contributed by atoms with van der Waals surface area (Å²) in [5.74, 6) is 1.60. The van der Waals surface area contributed by atoms with Crippen LogP contribution in [0.4, 0.5) is 0 Å². The van der Waals surface area contributed by atoms with Gasteiger partial charge in [0.05, 0.1) is 11.9 Å². The quantitative estimate of drug-likeness (QED) is 0.540. The van der Waals surface area contributed by atoms with Gasteiger partial charge in [0.15, 0.2) is 0 Å². The SMILES string of the molecule is CO[C@@H](C)C(=O)N1CCN(Cc2cn3cc(Oc4ccc(C5=CN=CC5)cc4)ccc3n2)CC1. The van der Waals surface area contributed by atoms with Crippen molar-refractivity contribution in [1.82, 2.24) is 19.2 Å². The summed E-state index contributed by atoms with van der Waals surface area (Å²) in [4.78, 5) is 25.4. The number of pyridine rings is 1. The van der Waals surface area contributed by atoms with Crippen molar-refractivity contribution >= 4 is 23.3 Å². The fraction of sp³-hybridized carbons (Fsp3) is 0.346. The van der Waals surface area contributed by atoms with E-state index in [0.717, 1.165) is 54.5 Å². The number of imidazole rings is 1. The summed E-state index contributed by atoms with van der Waals surface area (Å²) >= 11 is 0. The van der Waals surface area contributed by atoms with E-state index in [1.54, 1.807) is 14.0 Å². The Morgan fingerprint density at radius 3 is 2.50 bits per heavy atom. The molecule has 176 valence electrons. The molecule has 34 heavy (non-hydrogen) atoms. The van der Waals surface area contributed by atoms with Gasteiger partial charge in [-0.3, -0.25) is 14.7 Å². The van der Waals surface area contributed by atoms with Crippen LogP contribution < -0.4 is 4.74 Å². The lowest BCUT2D eigenvalue weighted by atomic mass is 10.1. The van der Waals surface area contributed by atoms with Crippen molar-refractivity contribution in [3.05, 3.63) is 66.2 Å². The second-order valence-electron chi connectivity index (χ2n) is 8.66. The van der Waals surface area contributed by atoms with Gasteiger partial charge >= 0.3 is 0 Å². The number of rotatable bonds is 7. The first-order valence-corrected chi connectivity index (χ1v) is 11.6. The van der Waals surface area contributed by atoms with Crippen molar-refractivity contribution in [3.8, 4) is 11.5 Å². The zero-order chi connectivity index (χ0) is 23.5. The van der Waals surface area contributed by atoms with Crippen LogP contribution in [0.2, 0.25) is 0 Å². The van der Waals surface area contributed by atoms with Crippen LogP contribution in [0.15, 0.2) is 60.0 Å². The largest absolute Gasteiger partial charge is 0.456 e. The summed E-state index contributed by atoms with van der Waals surface area (Å²) in [5, 5.41) is 0. The van der Waals surface area contributed by atoms with E-state index in [1.807, 2.05) is 58.4 Å². The molecule has 1 atom stereocenters. The molecule has 0 bridgehead atoms. The van der Waals surface area contributed by atoms with E-state index in [2.05, 4.69) is 22.0 Å². The van der Waals surface area contributed by atoms with Gasteiger partial charge in [0.25, 0.3) is 5.91 Å². The lowest BCUT2D eigenvalue weighted by Crippen LogP contribution is -2.50. The highest BCUT2D eigenvalue weighted by Gasteiger charge is 2.25. The average Bonchev–Trinajstić information content (AvgIpc) is 3.54. The minimum atomic E-state index is -0.390. The first kappa shape index (κ1) is 22.3. The lowest BCUT2D eigenvalue weighted by Gasteiger charge is -2.35. The first-order valence-electron chi connectivity index (χ1n) is 11.6. The van der Waals surface area contributed by atoms with Gasteiger partial charge < -0.3 is 18.8 Å². The Morgan fingerprint density at radius 1 is 1.03 bits per heavy atom. The Labute approximate surface area is 199 Å². The topological polar surface area (TPSA) is 71.7 Å². The van der Waals surface area contributed by atoms with E-state index in [1.165, 1.54) is 5.57 Å². The van der Waals surface area contributed by atoms with E-state index in [4.69, 9.17) is 14.5 Å². The molecular weight excluding hydrogens is 430 g/mol. The fourth-order valence-corrected chi connectivity index (χ4v) is 4.29. The van der Waals surface area contributed by atoms with Gasteiger partial charge in [-0.25, -0.2) is 4.98 Å². The molecule has 1 aromatic carbocycles.